The largest absolute Gasteiger partial charge is 0.443 e. The Morgan fingerprint density at radius 1 is 1.42 bits per heavy atom. The van der Waals surface area contributed by atoms with Crippen LogP contribution in [0.5, 0.6) is 0 Å². The maximum Gasteiger partial charge on any atom is 0.181 e. The Morgan fingerprint density at radius 2 is 2.33 bits per heavy atom. The summed E-state index contributed by atoms with van der Waals surface area (Å²) in [6.07, 6.45) is 3.76. The number of oxazole rings is 1. The number of hydrogen-bond donors (Lipinski definition) is 0. The first-order chi connectivity index (χ1) is 5.90. The van der Waals surface area contributed by atoms with Gasteiger partial charge in [0.05, 0.1) is 0 Å². The van der Waals surface area contributed by atoms with E-state index in [4.69, 9.17) is 4.42 Å². The van der Waals surface area contributed by atoms with E-state index in [2.05, 4.69) is 24.0 Å². The molecule has 0 bridgehead atoms. The monoisotopic (exact) mass is 161 g/mol. The molecule has 1 heterocycles. The number of aromatic nitrogens is 1. The molecule has 0 aliphatic heterocycles. The normalized spacial score (nSPS) is 10.8. The third-order valence-corrected chi connectivity index (χ3v) is 1.93. The van der Waals surface area contributed by atoms with Gasteiger partial charge in [-0.05, 0) is 24.1 Å². The fourth-order valence-electron chi connectivity index (χ4n) is 1.34. The summed E-state index contributed by atoms with van der Waals surface area (Å²) < 4.78 is 5.19. The molecule has 1 aromatic heterocycles. The summed E-state index contributed by atoms with van der Waals surface area (Å²) in [6, 6.07) is 6.17. The van der Waals surface area contributed by atoms with E-state index in [1.165, 1.54) is 18.4 Å². The molecule has 2 heteroatoms. The second-order valence-electron chi connectivity index (χ2n) is 2.90. The quantitative estimate of drug-likeness (QED) is 0.676. The summed E-state index contributed by atoms with van der Waals surface area (Å²) >= 11 is 0. The van der Waals surface area contributed by atoms with Gasteiger partial charge in [0.25, 0.3) is 0 Å². The van der Waals surface area contributed by atoms with Gasteiger partial charge < -0.3 is 4.42 Å². The fourth-order valence-corrected chi connectivity index (χ4v) is 1.34. The second kappa shape index (κ2) is 2.97. The topological polar surface area (TPSA) is 26.0 Å². The summed E-state index contributed by atoms with van der Waals surface area (Å²) in [5, 5.41) is 0. The average molecular weight is 161 g/mol. The van der Waals surface area contributed by atoms with E-state index < -0.39 is 0 Å². The van der Waals surface area contributed by atoms with Crippen LogP contribution >= 0.6 is 0 Å². The molecule has 0 aliphatic rings. The lowest BCUT2D eigenvalue weighted by Gasteiger charge is -1.95. The van der Waals surface area contributed by atoms with Crippen molar-refractivity contribution >= 4 is 11.1 Å². The maximum atomic E-state index is 5.19. The first kappa shape index (κ1) is 7.35. The van der Waals surface area contributed by atoms with Crippen molar-refractivity contribution < 1.29 is 4.42 Å². The lowest BCUT2D eigenvalue weighted by molar-refractivity contribution is 0.601. The van der Waals surface area contributed by atoms with Crippen molar-refractivity contribution in [3.05, 3.63) is 30.2 Å². The van der Waals surface area contributed by atoms with E-state index in [9.17, 15) is 0 Å². The fraction of sp³-hybridized carbons (Fsp3) is 0.300. The minimum absolute atomic E-state index is 0.890. The van der Waals surface area contributed by atoms with E-state index in [0.717, 1.165) is 17.5 Å². The summed E-state index contributed by atoms with van der Waals surface area (Å²) in [5.74, 6) is 0. The van der Waals surface area contributed by atoms with E-state index >= 15 is 0 Å². The van der Waals surface area contributed by atoms with Crippen molar-refractivity contribution in [3.63, 3.8) is 0 Å². The lowest BCUT2D eigenvalue weighted by Crippen LogP contribution is -1.81. The van der Waals surface area contributed by atoms with E-state index in [1.807, 2.05) is 6.07 Å². The highest BCUT2D eigenvalue weighted by Gasteiger charge is 1.98. The van der Waals surface area contributed by atoms with Gasteiger partial charge in [0.15, 0.2) is 12.0 Å². The van der Waals surface area contributed by atoms with Crippen molar-refractivity contribution in [2.45, 2.75) is 19.8 Å². The molecule has 0 atom stereocenters. The number of hydrogen-bond acceptors (Lipinski definition) is 2. The Balaban J connectivity index is 2.46. The van der Waals surface area contributed by atoms with Gasteiger partial charge in [0, 0.05) is 0 Å². The van der Waals surface area contributed by atoms with Crippen molar-refractivity contribution in [1.82, 2.24) is 4.98 Å². The molecule has 0 radical (unpaired) electrons. The minimum Gasteiger partial charge on any atom is -0.443 e. The number of fused-ring (bicyclic) bond motifs is 1. The molecule has 0 aliphatic carbocycles. The van der Waals surface area contributed by atoms with Crippen LogP contribution < -0.4 is 0 Å². The third kappa shape index (κ3) is 1.20. The first-order valence-corrected chi connectivity index (χ1v) is 4.22. The van der Waals surface area contributed by atoms with Crippen LogP contribution in [-0.4, -0.2) is 4.98 Å². The Morgan fingerprint density at radius 3 is 3.17 bits per heavy atom. The molecule has 62 valence electrons. The Labute approximate surface area is 71.2 Å². The summed E-state index contributed by atoms with van der Waals surface area (Å²) in [7, 11) is 0. The van der Waals surface area contributed by atoms with Gasteiger partial charge in [-0.2, -0.15) is 0 Å². The molecular formula is C10H11NO. The van der Waals surface area contributed by atoms with Crippen LogP contribution in [0.25, 0.3) is 11.1 Å². The van der Waals surface area contributed by atoms with Crippen LogP contribution in [0.3, 0.4) is 0 Å². The number of aryl methyl sites for hydroxylation is 1. The molecule has 1 aromatic carbocycles. The molecule has 0 spiro atoms. The molecule has 0 saturated heterocycles. The highest BCUT2D eigenvalue weighted by molar-refractivity contribution is 5.72. The minimum atomic E-state index is 0.890. The van der Waals surface area contributed by atoms with Crippen LogP contribution in [-0.2, 0) is 6.42 Å². The highest BCUT2D eigenvalue weighted by Crippen LogP contribution is 2.14. The van der Waals surface area contributed by atoms with Crippen molar-refractivity contribution in [2.75, 3.05) is 0 Å². The van der Waals surface area contributed by atoms with Crippen molar-refractivity contribution in [3.8, 4) is 0 Å². The Bertz CT molecular complexity index is 378. The zero-order chi connectivity index (χ0) is 8.39. The molecule has 2 aromatic rings. The highest BCUT2D eigenvalue weighted by atomic mass is 16.3. The molecule has 0 fully saturated rings. The molecular weight excluding hydrogens is 150 g/mol. The van der Waals surface area contributed by atoms with Gasteiger partial charge in [-0.15, -0.1) is 0 Å². The summed E-state index contributed by atoms with van der Waals surface area (Å²) in [5.41, 5.74) is 3.15. The molecule has 0 N–H and O–H groups in total. The van der Waals surface area contributed by atoms with Gasteiger partial charge in [-0.1, -0.05) is 19.4 Å². The second-order valence-corrected chi connectivity index (χ2v) is 2.90. The molecule has 12 heavy (non-hydrogen) atoms. The van der Waals surface area contributed by atoms with Crippen molar-refractivity contribution in [1.29, 1.82) is 0 Å². The molecule has 0 saturated carbocycles. The van der Waals surface area contributed by atoms with Crippen molar-refractivity contribution in [2.24, 2.45) is 0 Å². The predicted octanol–water partition coefficient (Wildman–Crippen LogP) is 2.78. The van der Waals surface area contributed by atoms with Crippen LogP contribution in [0.1, 0.15) is 18.9 Å². The Kier molecular flexibility index (Phi) is 1.82. The lowest BCUT2D eigenvalue weighted by atomic mass is 10.1. The maximum absolute atomic E-state index is 5.19. The van der Waals surface area contributed by atoms with E-state index in [1.54, 1.807) is 0 Å². The third-order valence-electron chi connectivity index (χ3n) is 1.93. The van der Waals surface area contributed by atoms with Gasteiger partial charge in [-0.3, -0.25) is 0 Å². The van der Waals surface area contributed by atoms with Crippen LogP contribution in [0.2, 0.25) is 0 Å². The van der Waals surface area contributed by atoms with Gasteiger partial charge in [0.2, 0.25) is 0 Å². The SMILES string of the molecule is CCCc1ccc2ncoc2c1. The Hall–Kier alpha value is -1.31. The van der Waals surface area contributed by atoms with Crippen LogP contribution in [0.4, 0.5) is 0 Å². The van der Waals surface area contributed by atoms with Gasteiger partial charge >= 0.3 is 0 Å². The molecule has 0 unspecified atom stereocenters. The number of benzene rings is 1. The molecule has 2 nitrogen and oxygen atoms in total. The summed E-state index contributed by atoms with van der Waals surface area (Å²) in [6.45, 7) is 2.17. The predicted molar refractivity (Wildman–Crippen MR) is 48.0 cm³/mol. The number of rotatable bonds is 2. The van der Waals surface area contributed by atoms with E-state index in [0.29, 0.717) is 0 Å². The van der Waals surface area contributed by atoms with Gasteiger partial charge in [0.1, 0.15) is 5.52 Å². The summed E-state index contributed by atoms with van der Waals surface area (Å²) in [4.78, 5) is 4.05. The zero-order valence-corrected chi connectivity index (χ0v) is 7.08. The molecule has 0 amide bonds. The van der Waals surface area contributed by atoms with Gasteiger partial charge in [-0.25, -0.2) is 4.98 Å². The smallest absolute Gasteiger partial charge is 0.181 e. The van der Waals surface area contributed by atoms with Crippen LogP contribution in [0.15, 0.2) is 29.0 Å². The number of nitrogens with zero attached hydrogens (tertiary/aromatic N) is 1. The first-order valence-electron chi connectivity index (χ1n) is 4.22. The van der Waals surface area contributed by atoms with E-state index in [-0.39, 0.29) is 0 Å². The standard InChI is InChI=1S/C10H11NO/c1-2-3-8-4-5-9-10(6-8)12-7-11-9/h4-7H,2-3H2,1H3. The zero-order valence-electron chi connectivity index (χ0n) is 7.08. The average Bonchev–Trinajstić information content (AvgIpc) is 2.51. The van der Waals surface area contributed by atoms with Crippen LogP contribution in [0, 0.1) is 0 Å². The molecule has 2 rings (SSSR count).